The lowest BCUT2D eigenvalue weighted by Crippen LogP contribution is -2.26. The highest BCUT2D eigenvalue weighted by molar-refractivity contribution is 7.89. The van der Waals surface area contributed by atoms with Crippen LogP contribution in [0.1, 0.15) is 48.2 Å². The molecule has 0 unspecified atom stereocenters. The average Bonchev–Trinajstić information content (AvgIpc) is 2.74. The van der Waals surface area contributed by atoms with E-state index in [4.69, 9.17) is 0 Å². The summed E-state index contributed by atoms with van der Waals surface area (Å²) in [6.07, 6.45) is 9.48. The number of nitrogens with zero attached hydrogens (tertiary/aromatic N) is 1. The SMILES string of the molecule is O=C(NCCC1=CCCCC1)c1ccc(S(=O)(=O)NCc2ccccn2)cc1. The van der Waals surface area contributed by atoms with Gasteiger partial charge >= 0.3 is 0 Å². The summed E-state index contributed by atoms with van der Waals surface area (Å²) in [5.41, 5.74) is 2.49. The summed E-state index contributed by atoms with van der Waals surface area (Å²) in [5.74, 6) is -0.193. The fourth-order valence-electron chi connectivity index (χ4n) is 3.11. The zero-order chi connectivity index (χ0) is 19.8. The van der Waals surface area contributed by atoms with Gasteiger partial charge in [-0.1, -0.05) is 17.7 Å². The van der Waals surface area contributed by atoms with Crippen molar-refractivity contribution in [1.29, 1.82) is 0 Å². The summed E-state index contributed by atoms with van der Waals surface area (Å²) in [7, 11) is -3.66. The molecule has 1 amide bonds. The maximum Gasteiger partial charge on any atom is 0.251 e. The van der Waals surface area contributed by atoms with E-state index in [1.54, 1.807) is 24.4 Å². The van der Waals surface area contributed by atoms with Gasteiger partial charge < -0.3 is 5.32 Å². The molecule has 0 aliphatic heterocycles. The predicted molar refractivity (Wildman–Crippen MR) is 108 cm³/mol. The predicted octanol–water partition coefficient (Wildman–Crippen LogP) is 3.18. The monoisotopic (exact) mass is 399 g/mol. The molecule has 3 rings (SSSR count). The van der Waals surface area contributed by atoms with Gasteiger partial charge in [-0.15, -0.1) is 0 Å². The summed E-state index contributed by atoms with van der Waals surface area (Å²) in [6.45, 7) is 0.706. The number of carbonyl (C=O) groups excluding carboxylic acids is 1. The number of pyridine rings is 1. The number of nitrogens with one attached hydrogen (secondary N) is 2. The van der Waals surface area contributed by atoms with Crippen molar-refractivity contribution in [2.45, 2.75) is 43.5 Å². The zero-order valence-electron chi connectivity index (χ0n) is 15.7. The van der Waals surface area contributed by atoms with E-state index in [9.17, 15) is 13.2 Å². The quantitative estimate of drug-likeness (QED) is 0.668. The van der Waals surface area contributed by atoms with E-state index in [-0.39, 0.29) is 17.3 Å². The van der Waals surface area contributed by atoms with Crippen LogP contribution < -0.4 is 10.0 Å². The number of allylic oxidation sites excluding steroid dienone is 1. The molecule has 0 saturated carbocycles. The van der Waals surface area contributed by atoms with Gasteiger partial charge in [0, 0.05) is 18.3 Å². The van der Waals surface area contributed by atoms with Gasteiger partial charge in [-0.05, 0) is 68.5 Å². The molecular weight excluding hydrogens is 374 g/mol. The molecule has 0 spiro atoms. The first kappa shape index (κ1) is 20.2. The molecular formula is C21H25N3O3S. The Morgan fingerprint density at radius 1 is 1.07 bits per heavy atom. The molecule has 1 aliphatic carbocycles. The number of hydrogen-bond donors (Lipinski definition) is 2. The minimum atomic E-state index is -3.66. The van der Waals surface area contributed by atoms with Crippen molar-refractivity contribution in [3.8, 4) is 0 Å². The van der Waals surface area contributed by atoms with Crippen LogP contribution in [0, 0.1) is 0 Å². The first-order chi connectivity index (χ1) is 13.5. The molecule has 148 valence electrons. The Morgan fingerprint density at radius 2 is 1.89 bits per heavy atom. The molecule has 2 N–H and O–H groups in total. The number of benzene rings is 1. The highest BCUT2D eigenvalue weighted by Gasteiger charge is 2.15. The molecule has 28 heavy (non-hydrogen) atoms. The number of carbonyl (C=O) groups is 1. The summed E-state index contributed by atoms with van der Waals surface area (Å²) in [6, 6.07) is 11.3. The third kappa shape index (κ3) is 5.74. The van der Waals surface area contributed by atoms with Crippen molar-refractivity contribution in [3.63, 3.8) is 0 Å². The Morgan fingerprint density at radius 3 is 2.57 bits per heavy atom. The van der Waals surface area contributed by atoms with Gasteiger partial charge in [-0.3, -0.25) is 9.78 Å². The van der Waals surface area contributed by atoms with Gasteiger partial charge in [0.2, 0.25) is 10.0 Å². The first-order valence-electron chi connectivity index (χ1n) is 9.50. The molecule has 2 aromatic rings. The molecule has 7 heteroatoms. The van der Waals surface area contributed by atoms with Crippen LogP contribution in [0.5, 0.6) is 0 Å². The molecule has 0 atom stereocenters. The molecule has 6 nitrogen and oxygen atoms in total. The van der Waals surface area contributed by atoms with E-state index in [1.165, 1.54) is 42.7 Å². The Hall–Kier alpha value is -2.51. The van der Waals surface area contributed by atoms with Crippen molar-refractivity contribution in [2.24, 2.45) is 0 Å². The largest absolute Gasteiger partial charge is 0.352 e. The normalized spacial score (nSPS) is 14.4. The van der Waals surface area contributed by atoms with Crippen molar-refractivity contribution < 1.29 is 13.2 Å². The minimum Gasteiger partial charge on any atom is -0.352 e. The molecule has 1 aromatic heterocycles. The van der Waals surface area contributed by atoms with E-state index in [1.807, 2.05) is 0 Å². The van der Waals surface area contributed by atoms with Crippen LogP contribution in [0.15, 0.2) is 65.2 Å². The summed E-state index contributed by atoms with van der Waals surface area (Å²) in [4.78, 5) is 16.5. The van der Waals surface area contributed by atoms with Gasteiger partial charge in [0.25, 0.3) is 5.91 Å². The summed E-state index contributed by atoms with van der Waals surface area (Å²) >= 11 is 0. The van der Waals surface area contributed by atoms with Crippen molar-refractivity contribution in [3.05, 3.63) is 71.6 Å². The number of hydrogen-bond acceptors (Lipinski definition) is 4. The number of sulfonamides is 1. The number of rotatable bonds is 8. The Balaban J connectivity index is 1.53. The van der Waals surface area contributed by atoms with Crippen LogP contribution in [0.2, 0.25) is 0 Å². The lowest BCUT2D eigenvalue weighted by atomic mass is 9.97. The van der Waals surface area contributed by atoms with Crippen LogP contribution in [0.25, 0.3) is 0 Å². The fourth-order valence-corrected chi connectivity index (χ4v) is 4.11. The number of amides is 1. The molecule has 0 bridgehead atoms. The average molecular weight is 400 g/mol. The zero-order valence-corrected chi connectivity index (χ0v) is 16.5. The Bertz CT molecular complexity index is 923. The number of aromatic nitrogens is 1. The highest BCUT2D eigenvalue weighted by atomic mass is 32.2. The molecule has 1 heterocycles. The van der Waals surface area contributed by atoms with E-state index in [0.29, 0.717) is 17.8 Å². The summed E-state index contributed by atoms with van der Waals surface area (Å²) in [5, 5.41) is 2.90. The molecule has 1 aliphatic rings. The smallest absolute Gasteiger partial charge is 0.251 e. The van der Waals surface area contributed by atoms with E-state index >= 15 is 0 Å². The van der Waals surface area contributed by atoms with Gasteiger partial charge in [-0.25, -0.2) is 13.1 Å². The second-order valence-electron chi connectivity index (χ2n) is 6.78. The fraction of sp³-hybridized carbons (Fsp3) is 0.333. The van der Waals surface area contributed by atoms with Crippen molar-refractivity contribution in [1.82, 2.24) is 15.0 Å². The van der Waals surface area contributed by atoms with Crippen LogP contribution in [-0.2, 0) is 16.6 Å². The van der Waals surface area contributed by atoms with Gasteiger partial charge in [0.05, 0.1) is 17.1 Å². The van der Waals surface area contributed by atoms with E-state index in [0.717, 1.165) is 19.3 Å². The van der Waals surface area contributed by atoms with Crippen LogP contribution in [0.3, 0.4) is 0 Å². The summed E-state index contributed by atoms with van der Waals surface area (Å²) < 4.78 is 27.3. The minimum absolute atomic E-state index is 0.112. The van der Waals surface area contributed by atoms with Gasteiger partial charge in [0.1, 0.15) is 0 Å². The standard InChI is InChI=1S/C21H25N3O3S/c25-21(23-15-13-17-6-2-1-3-7-17)18-9-11-20(12-10-18)28(26,27)24-16-19-8-4-5-14-22-19/h4-6,8-12,14,24H,1-3,7,13,15-16H2,(H,23,25). The lowest BCUT2D eigenvalue weighted by molar-refractivity contribution is 0.0954. The third-order valence-corrected chi connectivity index (χ3v) is 6.13. The second kappa shape index (κ2) is 9.61. The highest BCUT2D eigenvalue weighted by Crippen LogP contribution is 2.19. The van der Waals surface area contributed by atoms with Gasteiger partial charge in [0.15, 0.2) is 0 Å². The van der Waals surface area contributed by atoms with Crippen molar-refractivity contribution in [2.75, 3.05) is 6.54 Å². The molecule has 0 saturated heterocycles. The van der Waals surface area contributed by atoms with E-state index in [2.05, 4.69) is 21.1 Å². The van der Waals surface area contributed by atoms with Crippen LogP contribution in [-0.4, -0.2) is 25.9 Å². The maximum atomic E-state index is 12.4. The molecule has 0 radical (unpaired) electrons. The topological polar surface area (TPSA) is 88.2 Å². The third-order valence-electron chi connectivity index (χ3n) is 4.71. The lowest BCUT2D eigenvalue weighted by Gasteiger charge is -2.13. The molecule has 1 aromatic carbocycles. The van der Waals surface area contributed by atoms with Crippen molar-refractivity contribution >= 4 is 15.9 Å². The second-order valence-corrected chi connectivity index (χ2v) is 8.55. The van der Waals surface area contributed by atoms with Gasteiger partial charge in [-0.2, -0.15) is 0 Å². The molecule has 0 fully saturated rings. The maximum absolute atomic E-state index is 12.4. The van der Waals surface area contributed by atoms with E-state index < -0.39 is 10.0 Å². The first-order valence-corrected chi connectivity index (χ1v) is 11.0. The Labute approximate surface area is 166 Å². The van der Waals surface area contributed by atoms with Crippen LogP contribution in [0.4, 0.5) is 0 Å². The van der Waals surface area contributed by atoms with Crippen LogP contribution >= 0.6 is 0 Å². The Kier molecular flexibility index (Phi) is 6.95.